The maximum absolute atomic E-state index is 13.3. The van der Waals surface area contributed by atoms with E-state index in [1.54, 1.807) is 11.0 Å². The number of primary amides is 1. The lowest BCUT2D eigenvalue weighted by Gasteiger charge is -2.25. The molecule has 0 spiro atoms. The molecule has 4 rings (SSSR count). The average molecular weight is 434 g/mol. The minimum absolute atomic E-state index is 0.00388. The van der Waals surface area contributed by atoms with Gasteiger partial charge in [0, 0.05) is 35.9 Å². The van der Waals surface area contributed by atoms with Crippen molar-refractivity contribution in [1.29, 1.82) is 0 Å². The number of halogens is 3. The number of carbonyl (C=O) groups is 2. The fourth-order valence-corrected chi connectivity index (χ4v) is 4.76. The molecule has 2 heterocycles. The molecule has 166 valence electrons. The van der Waals surface area contributed by atoms with Gasteiger partial charge >= 0.3 is 6.18 Å². The number of aromatic amines is 1. The van der Waals surface area contributed by atoms with Crippen LogP contribution >= 0.6 is 0 Å². The van der Waals surface area contributed by atoms with Crippen molar-refractivity contribution in [2.45, 2.75) is 44.3 Å². The van der Waals surface area contributed by atoms with Crippen molar-refractivity contribution < 1.29 is 22.8 Å². The van der Waals surface area contributed by atoms with Crippen LogP contribution in [0.25, 0.3) is 10.9 Å². The number of amides is 2. The van der Waals surface area contributed by atoms with Crippen LogP contribution in [0.3, 0.4) is 0 Å². The molecule has 6 nitrogen and oxygen atoms in total. The first-order valence-electron chi connectivity index (χ1n) is 10.4. The number of rotatable bonds is 5. The van der Waals surface area contributed by atoms with E-state index in [-0.39, 0.29) is 31.2 Å². The van der Waals surface area contributed by atoms with Gasteiger partial charge in [-0.2, -0.15) is 13.2 Å². The second-order valence-corrected chi connectivity index (χ2v) is 8.35. The van der Waals surface area contributed by atoms with Crippen LogP contribution in [0, 0.1) is 5.92 Å². The molecule has 1 saturated heterocycles. The number of benzene rings is 1. The largest absolute Gasteiger partial charge is 0.392 e. The van der Waals surface area contributed by atoms with E-state index >= 15 is 0 Å². The molecule has 31 heavy (non-hydrogen) atoms. The number of aryl methyl sites for hydroxylation is 1. The highest BCUT2D eigenvalue weighted by Crippen LogP contribution is 2.42. The summed E-state index contributed by atoms with van der Waals surface area (Å²) in [6.45, 7) is 4.66. The first-order chi connectivity index (χ1) is 14.7. The quantitative estimate of drug-likeness (QED) is 0.632. The standard InChI is InChI=1S/C22H25F3N4O2/c1-2-19(31)29-8-7-14(11-29)27-16-6-3-12(9-18(26)30)21-20(16)15-5-4-13(22(23,24)25)10-17(15)28-21/h2-3,6,13-14,27-28H,1,4-5,7-11H2,(H2,26,30)/t13?,14-/m0/s1. The molecule has 1 aromatic heterocycles. The first-order valence-corrected chi connectivity index (χ1v) is 10.4. The Labute approximate surface area is 177 Å². The van der Waals surface area contributed by atoms with Gasteiger partial charge in [-0.05, 0) is 49.0 Å². The van der Waals surface area contributed by atoms with E-state index in [0.29, 0.717) is 36.3 Å². The van der Waals surface area contributed by atoms with Crippen molar-refractivity contribution >= 4 is 28.4 Å². The van der Waals surface area contributed by atoms with Crippen LogP contribution in [0.1, 0.15) is 29.7 Å². The van der Waals surface area contributed by atoms with Crippen molar-refractivity contribution in [3.05, 3.63) is 41.6 Å². The van der Waals surface area contributed by atoms with Gasteiger partial charge in [0.05, 0.1) is 17.9 Å². The van der Waals surface area contributed by atoms with Crippen LogP contribution in [0.5, 0.6) is 0 Å². The molecule has 1 unspecified atom stereocenters. The Hall–Kier alpha value is -2.97. The van der Waals surface area contributed by atoms with Crippen molar-refractivity contribution in [1.82, 2.24) is 9.88 Å². The highest BCUT2D eigenvalue weighted by atomic mass is 19.4. The summed E-state index contributed by atoms with van der Waals surface area (Å²) in [5, 5.41) is 4.29. The van der Waals surface area contributed by atoms with Crippen LogP contribution in [-0.2, 0) is 28.9 Å². The molecule has 1 fully saturated rings. The summed E-state index contributed by atoms with van der Waals surface area (Å²) >= 11 is 0. The number of fused-ring (bicyclic) bond motifs is 3. The number of nitrogens with one attached hydrogen (secondary N) is 2. The van der Waals surface area contributed by atoms with E-state index in [0.717, 1.165) is 23.1 Å². The summed E-state index contributed by atoms with van der Waals surface area (Å²) in [5.74, 6) is -2.00. The van der Waals surface area contributed by atoms with E-state index in [4.69, 9.17) is 5.73 Å². The second kappa shape index (κ2) is 7.94. The number of anilines is 1. The zero-order valence-corrected chi connectivity index (χ0v) is 17.0. The molecular weight excluding hydrogens is 409 g/mol. The SMILES string of the molecule is C=CC(=O)N1CC[C@H](Nc2ccc(CC(N)=O)c3[nH]c4c(c23)CCC(C(F)(F)F)C4)C1. The molecule has 4 N–H and O–H groups in total. The third-order valence-electron chi connectivity index (χ3n) is 6.29. The van der Waals surface area contributed by atoms with Crippen LogP contribution in [0.15, 0.2) is 24.8 Å². The summed E-state index contributed by atoms with van der Waals surface area (Å²) in [6, 6.07) is 3.65. The molecule has 2 aromatic rings. The molecule has 0 saturated carbocycles. The van der Waals surface area contributed by atoms with Gasteiger partial charge in [0.1, 0.15) is 0 Å². The van der Waals surface area contributed by atoms with Crippen molar-refractivity contribution in [2.24, 2.45) is 11.7 Å². The van der Waals surface area contributed by atoms with Crippen LogP contribution in [0.4, 0.5) is 18.9 Å². The lowest BCUT2D eigenvalue weighted by atomic mass is 9.86. The van der Waals surface area contributed by atoms with Crippen molar-refractivity contribution in [3.8, 4) is 0 Å². The number of carbonyl (C=O) groups excluding carboxylic acids is 2. The predicted octanol–water partition coefficient (Wildman–Crippen LogP) is 3.06. The van der Waals surface area contributed by atoms with E-state index in [1.165, 1.54) is 6.08 Å². The topological polar surface area (TPSA) is 91.2 Å². The van der Waals surface area contributed by atoms with Crippen molar-refractivity contribution in [3.63, 3.8) is 0 Å². The normalized spacial score (nSPS) is 21.2. The summed E-state index contributed by atoms with van der Waals surface area (Å²) in [7, 11) is 0. The van der Waals surface area contributed by atoms with Gasteiger partial charge < -0.3 is 20.9 Å². The number of hydrogen-bond acceptors (Lipinski definition) is 3. The smallest absolute Gasteiger partial charge is 0.380 e. The molecule has 2 atom stereocenters. The number of nitrogens with two attached hydrogens (primary N) is 1. The maximum atomic E-state index is 13.3. The van der Waals surface area contributed by atoms with Gasteiger partial charge in [0.25, 0.3) is 0 Å². The Bertz CT molecular complexity index is 1040. The molecule has 1 aliphatic carbocycles. The minimum atomic E-state index is -4.24. The first kappa shape index (κ1) is 21.3. The zero-order chi connectivity index (χ0) is 22.3. The Morgan fingerprint density at radius 2 is 2.10 bits per heavy atom. The summed E-state index contributed by atoms with van der Waals surface area (Å²) in [5.41, 5.74) is 8.94. The third-order valence-corrected chi connectivity index (χ3v) is 6.29. The van der Waals surface area contributed by atoms with Gasteiger partial charge in [0.15, 0.2) is 0 Å². The van der Waals surface area contributed by atoms with Gasteiger partial charge in [-0.15, -0.1) is 0 Å². The average Bonchev–Trinajstić information content (AvgIpc) is 3.32. The number of H-pyrrole nitrogens is 1. The molecular formula is C22H25F3N4O2. The summed E-state index contributed by atoms with van der Waals surface area (Å²) in [4.78, 5) is 28.3. The third kappa shape index (κ3) is 4.13. The van der Waals surface area contributed by atoms with Gasteiger partial charge in [0.2, 0.25) is 11.8 Å². The number of alkyl halides is 3. The van der Waals surface area contributed by atoms with Crippen molar-refractivity contribution in [2.75, 3.05) is 18.4 Å². The maximum Gasteiger partial charge on any atom is 0.392 e. The fourth-order valence-electron chi connectivity index (χ4n) is 4.76. The number of nitrogens with zero attached hydrogens (tertiary/aromatic N) is 1. The number of aromatic nitrogens is 1. The predicted molar refractivity (Wildman–Crippen MR) is 112 cm³/mol. The molecule has 2 amide bonds. The lowest BCUT2D eigenvalue weighted by Crippen LogP contribution is -2.30. The fraction of sp³-hybridized carbons (Fsp3) is 0.455. The summed E-state index contributed by atoms with van der Waals surface area (Å²) < 4.78 is 39.9. The van der Waals surface area contributed by atoms with Crippen LogP contribution in [-0.4, -0.2) is 47.0 Å². The van der Waals surface area contributed by atoms with E-state index in [2.05, 4.69) is 16.9 Å². The minimum Gasteiger partial charge on any atom is -0.380 e. The van der Waals surface area contributed by atoms with Gasteiger partial charge in [-0.25, -0.2) is 0 Å². The molecule has 0 radical (unpaired) electrons. The van der Waals surface area contributed by atoms with Crippen LogP contribution < -0.4 is 11.1 Å². The second-order valence-electron chi connectivity index (χ2n) is 8.35. The van der Waals surface area contributed by atoms with E-state index < -0.39 is 18.0 Å². The number of likely N-dealkylation sites (tertiary alicyclic amines) is 1. The van der Waals surface area contributed by atoms with Crippen LogP contribution in [0.2, 0.25) is 0 Å². The molecule has 1 aromatic carbocycles. The molecule has 9 heteroatoms. The van der Waals surface area contributed by atoms with Gasteiger partial charge in [-0.3, -0.25) is 9.59 Å². The van der Waals surface area contributed by atoms with E-state index in [1.807, 2.05) is 6.07 Å². The molecule has 0 bridgehead atoms. The summed E-state index contributed by atoms with van der Waals surface area (Å²) in [6.07, 6.45) is -1.95. The highest BCUT2D eigenvalue weighted by Gasteiger charge is 2.42. The Kier molecular flexibility index (Phi) is 5.45. The zero-order valence-electron chi connectivity index (χ0n) is 17.0. The number of hydrogen-bond donors (Lipinski definition) is 3. The molecule has 1 aliphatic heterocycles. The monoisotopic (exact) mass is 434 g/mol. The Morgan fingerprint density at radius 1 is 1.32 bits per heavy atom. The Balaban J connectivity index is 1.70. The molecule has 2 aliphatic rings. The Morgan fingerprint density at radius 3 is 2.77 bits per heavy atom. The highest BCUT2D eigenvalue weighted by molar-refractivity contribution is 5.99. The lowest BCUT2D eigenvalue weighted by molar-refractivity contribution is -0.177. The van der Waals surface area contributed by atoms with E-state index in [9.17, 15) is 22.8 Å². The van der Waals surface area contributed by atoms with Gasteiger partial charge in [-0.1, -0.05) is 12.6 Å².